The van der Waals surface area contributed by atoms with Gasteiger partial charge in [0.05, 0.1) is 0 Å². The molecule has 3 rings (SSSR count). The number of nitrogens with zero attached hydrogens (tertiary/aromatic N) is 1. The van der Waals surface area contributed by atoms with Crippen LogP contribution in [-0.2, 0) is 11.2 Å². The molecule has 120 valence electrons. The smallest absolute Gasteiger partial charge is 0.223 e. The van der Waals surface area contributed by atoms with E-state index >= 15 is 0 Å². The highest BCUT2D eigenvalue weighted by atomic mass is 16.2. The maximum atomic E-state index is 12.8. The molecule has 0 atom stereocenters. The Bertz CT molecular complexity index is 472. The van der Waals surface area contributed by atoms with Crippen LogP contribution < -0.4 is 0 Å². The molecule has 22 heavy (non-hydrogen) atoms. The maximum absolute atomic E-state index is 12.8. The van der Waals surface area contributed by atoms with Crippen molar-refractivity contribution in [3.8, 4) is 0 Å². The highest BCUT2D eigenvalue weighted by Crippen LogP contribution is 2.36. The first-order valence-electron chi connectivity index (χ1n) is 9.13. The Morgan fingerprint density at radius 2 is 1.59 bits per heavy atom. The van der Waals surface area contributed by atoms with Crippen molar-refractivity contribution in [2.45, 2.75) is 76.8 Å². The summed E-state index contributed by atoms with van der Waals surface area (Å²) in [6, 6.07) is 11.5. The molecule has 1 amide bonds. The zero-order valence-electron chi connectivity index (χ0n) is 13.8. The van der Waals surface area contributed by atoms with E-state index in [0.29, 0.717) is 24.4 Å². The van der Waals surface area contributed by atoms with E-state index in [1.165, 1.54) is 50.5 Å². The van der Waals surface area contributed by atoms with Crippen LogP contribution >= 0.6 is 0 Å². The zero-order chi connectivity index (χ0) is 15.4. The lowest BCUT2D eigenvalue weighted by Gasteiger charge is -2.37. The van der Waals surface area contributed by atoms with Crippen LogP contribution in [0.25, 0.3) is 0 Å². The Kier molecular flexibility index (Phi) is 5.17. The summed E-state index contributed by atoms with van der Waals surface area (Å²) in [5.74, 6) is 1.29. The Labute approximate surface area is 134 Å². The van der Waals surface area contributed by atoms with Gasteiger partial charge in [-0.05, 0) is 56.4 Å². The van der Waals surface area contributed by atoms with Gasteiger partial charge in [-0.2, -0.15) is 0 Å². The van der Waals surface area contributed by atoms with Crippen LogP contribution in [0.2, 0.25) is 0 Å². The predicted molar refractivity (Wildman–Crippen MR) is 90.7 cm³/mol. The molecular weight excluding hydrogens is 270 g/mol. The van der Waals surface area contributed by atoms with Crippen LogP contribution in [0.5, 0.6) is 0 Å². The molecule has 0 bridgehead atoms. The minimum absolute atomic E-state index is 0.395. The SMILES string of the molecule is CCC1CCC(N(C(=O)CCc2ccccc2)C2CC2)CC1. The standard InChI is InChI=1S/C20H29NO/c1-2-16-8-11-18(12-9-16)21(19-13-14-19)20(22)15-10-17-6-4-3-5-7-17/h3-7,16,18-19H,2,8-15H2,1H3. The summed E-state index contributed by atoms with van der Waals surface area (Å²) in [5.41, 5.74) is 1.28. The number of amides is 1. The van der Waals surface area contributed by atoms with Crippen molar-refractivity contribution >= 4 is 5.91 Å². The molecule has 0 unspecified atom stereocenters. The fourth-order valence-electron chi connectivity index (χ4n) is 3.91. The van der Waals surface area contributed by atoms with Gasteiger partial charge in [0, 0.05) is 18.5 Å². The van der Waals surface area contributed by atoms with Gasteiger partial charge in [-0.3, -0.25) is 4.79 Å². The molecule has 0 spiro atoms. The lowest BCUT2D eigenvalue weighted by molar-refractivity contribution is -0.135. The molecule has 1 aromatic rings. The molecule has 2 fully saturated rings. The quantitative estimate of drug-likeness (QED) is 0.753. The molecule has 1 aromatic carbocycles. The molecule has 2 aliphatic carbocycles. The van der Waals surface area contributed by atoms with Gasteiger partial charge >= 0.3 is 0 Å². The molecule has 2 aliphatic rings. The maximum Gasteiger partial charge on any atom is 0.223 e. The van der Waals surface area contributed by atoms with Gasteiger partial charge in [0.25, 0.3) is 0 Å². The molecule has 2 nitrogen and oxygen atoms in total. The Hall–Kier alpha value is -1.31. The van der Waals surface area contributed by atoms with Crippen molar-refractivity contribution in [3.63, 3.8) is 0 Å². The van der Waals surface area contributed by atoms with Crippen molar-refractivity contribution in [1.29, 1.82) is 0 Å². The van der Waals surface area contributed by atoms with Crippen LogP contribution in [0.4, 0.5) is 0 Å². The Morgan fingerprint density at radius 3 is 2.14 bits per heavy atom. The number of benzene rings is 1. The number of rotatable bonds is 6. The monoisotopic (exact) mass is 299 g/mol. The lowest BCUT2D eigenvalue weighted by Crippen LogP contribution is -2.44. The Balaban J connectivity index is 1.56. The first-order chi connectivity index (χ1) is 10.8. The third-order valence-electron chi connectivity index (χ3n) is 5.49. The third kappa shape index (κ3) is 3.91. The molecule has 2 saturated carbocycles. The summed E-state index contributed by atoms with van der Waals surface area (Å²) < 4.78 is 0. The number of hydrogen-bond acceptors (Lipinski definition) is 1. The molecular formula is C20H29NO. The average Bonchev–Trinajstić information content (AvgIpc) is 3.40. The summed E-state index contributed by atoms with van der Waals surface area (Å²) in [6.45, 7) is 2.30. The van der Waals surface area contributed by atoms with Gasteiger partial charge in [-0.1, -0.05) is 43.7 Å². The molecule has 0 saturated heterocycles. The van der Waals surface area contributed by atoms with E-state index in [0.717, 1.165) is 12.3 Å². The second kappa shape index (κ2) is 7.30. The van der Waals surface area contributed by atoms with Gasteiger partial charge in [0.15, 0.2) is 0 Å². The molecule has 0 aromatic heterocycles. The summed E-state index contributed by atoms with van der Waals surface area (Å²) in [5, 5.41) is 0. The molecule has 0 N–H and O–H groups in total. The van der Waals surface area contributed by atoms with Gasteiger partial charge < -0.3 is 4.90 Å². The molecule has 0 aliphatic heterocycles. The van der Waals surface area contributed by atoms with Gasteiger partial charge in [-0.15, -0.1) is 0 Å². The van der Waals surface area contributed by atoms with E-state index in [2.05, 4.69) is 36.1 Å². The van der Waals surface area contributed by atoms with Crippen molar-refractivity contribution in [3.05, 3.63) is 35.9 Å². The zero-order valence-corrected chi connectivity index (χ0v) is 13.8. The molecule has 0 heterocycles. The number of aryl methyl sites for hydroxylation is 1. The summed E-state index contributed by atoms with van der Waals surface area (Å²) in [4.78, 5) is 15.1. The van der Waals surface area contributed by atoms with Crippen LogP contribution in [0, 0.1) is 5.92 Å². The van der Waals surface area contributed by atoms with E-state index in [9.17, 15) is 4.79 Å². The first-order valence-corrected chi connectivity index (χ1v) is 9.13. The van der Waals surface area contributed by atoms with Crippen molar-refractivity contribution < 1.29 is 4.79 Å². The highest BCUT2D eigenvalue weighted by Gasteiger charge is 2.38. The second-order valence-electron chi connectivity index (χ2n) is 7.10. The van der Waals surface area contributed by atoms with Gasteiger partial charge in [-0.25, -0.2) is 0 Å². The number of carbonyl (C=O) groups excluding carboxylic acids is 1. The minimum atomic E-state index is 0.395. The largest absolute Gasteiger partial charge is 0.337 e. The minimum Gasteiger partial charge on any atom is -0.337 e. The van der Waals surface area contributed by atoms with E-state index in [1.807, 2.05) is 6.07 Å². The number of carbonyl (C=O) groups is 1. The fourth-order valence-corrected chi connectivity index (χ4v) is 3.91. The van der Waals surface area contributed by atoms with Crippen LogP contribution in [-0.4, -0.2) is 22.9 Å². The third-order valence-corrected chi connectivity index (χ3v) is 5.49. The molecule has 0 radical (unpaired) electrons. The summed E-state index contributed by atoms with van der Waals surface area (Å²) in [7, 11) is 0. The van der Waals surface area contributed by atoms with Crippen LogP contribution in [0.1, 0.15) is 63.9 Å². The summed E-state index contributed by atoms with van der Waals surface area (Å²) >= 11 is 0. The average molecular weight is 299 g/mol. The van der Waals surface area contributed by atoms with E-state index in [-0.39, 0.29) is 0 Å². The second-order valence-corrected chi connectivity index (χ2v) is 7.10. The van der Waals surface area contributed by atoms with E-state index in [4.69, 9.17) is 0 Å². The van der Waals surface area contributed by atoms with Crippen molar-refractivity contribution in [1.82, 2.24) is 4.90 Å². The number of hydrogen-bond donors (Lipinski definition) is 0. The highest BCUT2D eigenvalue weighted by molar-refractivity contribution is 5.77. The lowest BCUT2D eigenvalue weighted by atomic mass is 9.83. The van der Waals surface area contributed by atoms with Gasteiger partial charge in [0.2, 0.25) is 5.91 Å². The van der Waals surface area contributed by atoms with Gasteiger partial charge in [0.1, 0.15) is 0 Å². The van der Waals surface area contributed by atoms with Crippen LogP contribution in [0.3, 0.4) is 0 Å². The first kappa shape index (κ1) is 15.6. The topological polar surface area (TPSA) is 20.3 Å². The Morgan fingerprint density at radius 1 is 1.00 bits per heavy atom. The molecule has 2 heteroatoms. The van der Waals surface area contributed by atoms with Crippen LogP contribution in [0.15, 0.2) is 30.3 Å². The summed E-state index contributed by atoms with van der Waals surface area (Å²) in [6.07, 6.45) is 10.4. The fraction of sp³-hybridized carbons (Fsp3) is 0.650. The van der Waals surface area contributed by atoms with E-state index < -0.39 is 0 Å². The van der Waals surface area contributed by atoms with Crippen molar-refractivity contribution in [2.75, 3.05) is 0 Å². The van der Waals surface area contributed by atoms with E-state index in [1.54, 1.807) is 0 Å². The van der Waals surface area contributed by atoms with Crippen molar-refractivity contribution in [2.24, 2.45) is 5.92 Å². The normalized spacial score (nSPS) is 25.0. The predicted octanol–water partition coefficient (Wildman–Crippen LogP) is 4.58.